The van der Waals surface area contributed by atoms with E-state index in [4.69, 9.17) is 14.2 Å². The fourth-order valence-corrected chi connectivity index (χ4v) is 3.92. The van der Waals surface area contributed by atoms with E-state index in [0.717, 1.165) is 10.0 Å². The third-order valence-electron chi connectivity index (χ3n) is 5.05. The first kappa shape index (κ1) is 21.0. The molecular formula is C25H17BrN2O5. The second-order valence-electron chi connectivity index (χ2n) is 7.27. The molecule has 164 valence electrons. The van der Waals surface area contributed by atoms with E-state index in [1.54, 1.807) is 30.3 Å². The number of hydrogen-bond donors (Lipinski definition) is 1. The van der Waals surface area contributed by atoms with Crippen molar-refractivity contribution in [2.75, 3.05) is 18.7 Å². The highest BCUT2D eigenvalue weighted by Crippen LogP contribution is 2.34. The van der Waals surface area contributed by atoms with Gasteiger partial charge in [0.15, 0.2) is 18.1 Å². The Morgan fingerprint density at radius 2 is 1.82 bits per heavy atom. The number of benzene rings is 3. The van der Waals surface area contributed by atoms with E-state index >= 15 is 0 Å². The Morgan fingerprint density at radius 1 is 0.970 bits per heavy atom. The van der Waals surface area contributed by atoms with E-state index in [-0.39, 0.29) is 6.79 Å². The second kappa shape index (κ2) is 8.91. The van der Waals surface area contributed by atoms with Gasteiger partial charge in [-0.1, -0.05) is 46.3 Å². The number of pyridine rings is 1. The predicted octanol–water partition coefficient (Wildman–Crippen LogP) is 5.19. The van der Waals surface area contributed by atoms with E-state index in [0.29, 0.717) is 39.3 Å². The minimum atomic E-state index is -0.606. The zero-order chi connectivity index (χ0) is 22.8. The SMILES string of the molecule is O=C(COC(=O)c1cc(-c2cccc(Br)c2)nc2ccccc12)Nc1ccc2c(c1)OCO2. The number of amides is 1. The molecule has 4 aromatic rings. The maximum absolute atomic E-state index is 12.9. The van der Waals surface area contributed by atoms with Crippen LogP contribution in [0.3, 0.4) is 0 Å². The number of aromatic nitrogens is 1. The van der Waals surface area contributed by atoms with Gasteiger partial charge in [-0.15, -0.1) is 0 Å². The molecular weight excluding hydrogens is 488 g/mol. The van der Waals surface area contributed by atoms with E-state index in [1.807, 2.05) is 42.5 Å². The van der Waals surface area contributed by atoms with Crippen LogP contribution in [-0.2, 0) is 9.53 Å². The number of hydrogen-bond acceptors (Lipinski definition) is 6. The first-order chi connectivity index (χ1) is 16.1. The summed E-state index contributed by atoms with van der Waals surface area (Å²) in [5, 5.41) is 3.34. The Labute approximate surface area is 197 Å². The number of carbonyl (C=O) groups excluding carboxylic acids is 2. The minimum absolute atomic E-state index is 0.145. The molecule has 2 heterocycles. The highest BCUT2D eigenvalue weighted by molar-refractivity contribution is 9.10. The smallest absolute Gasteiger partial charge is 0.339 e. The largest absolute Gasteiger partial charge is 0.454 e. The zero-order valence-corrected chi connectivity index (χ0v) is 18.8. The van der Waals surface area contributed by atoms with Crippen molar-refractivity contribution in [3.05, 3.63) is 82.8 Å². The van der Waals surface area contributed by atoms with Crippen molar-refractivity contribution in [1.82, 2.24) is 4.98 Å². The van der Waals surface area contributed by atoms with Crippen molar-refractivity contribution < 1.29 is 23.8 Å². The average Bonchev–Trinajstić information content (AvgIpc) is 3.30. The average molecular weight is 505 g/mol. The molecule has 0 bridgehead atoms. The molecule has 8 heteroatoms. The molecule has 1 N–H and O–H groups in total. The van der Waals surface area contributed by atoms with Gasteiger partial charge in [-0.05, 0) is 36.4 Å². The van der Waals surface area contributed by atoms with Crippen LogP contribution in [0, 0.1) is 0 Å². The van der Waals surface area contributed by atoms with Gasteiger partial charge in [-0.2, -0.15) is 0 Å². The lowest BCUT2D eigenvalue weighted by molar-refractivity contribution is -0.119. The Kier molecular flexibility index (Phi) is 5.66. The normalized spacial score (nSPS) is 11.9. The van der Waals surface area contributed by atoms with Crippen LogP contribution in [-0.4, -0.2) is 30.3 Å². The van der Waals surface area contributed by atoms with Gasteiger partial charge in [0.1, 0.15) is 0 Å². The summed E-state index contributed by atoms with van der Waals surface area (Å²) < 4.78 is 16.8. The molecule has 1 aliphatic heterocycles. The van der Waals surface area contributed by atoms with Gasteiger partial charge < -0.3 is 19.5 Å². The molecule has 0 radical (unpaired) electrons. The molecule has 1 aromatic heterocycles. The lowest BCUT2D eigenvalue weighted by atomic mass is 10.0. The van der Waals surface area contributed by atoms with Gasteiger partial charge in [-0.3, -0.25) is 4.79 Å². The summed E-state index contributed by atoms with van der Waals surface area (Å²) in [6.07, 6.45) is 0. The number of nitrogens with one attached hydrogen (secondary N) is 1. The van der Waals surface area contributed by atoms with Crippen molar-refractivity contribution in [2.24, 2.45) is 0 Å². The van der Waals surface area contributed by atoms with Crippen LogP contribution < -0.4 is 14.8 Å². The van der Waals surface area contributed by atoms with E-state index < -0.39 is 18.5 Å². The number of halogens is 1. The van der Waals surface area contributed by atoms with Gasteiger partial charge in [0.25, 0.3) is 5.91 Å². The van der Waals surface area contributed by atoms with Gasteiger partial charge in [0.2, 0.25) is 6.79 Å². The number of rotatable bonds is 5. The Hall–Kier alpha value is -3.91. The maximum Gasteiger partial charge on any atom is 0.339 e. The van der Waals surface area contributed by atoms with E-state index in [2.05, 4.69) is 26.2 Å². The number of nitrogens with zero attached hydrogens (tertiary/aromatic N) is 1. The van der Waals surface area contributed by atoms with Crippen molar-refractivity contribution in [3.8, 4) is 22.8 Å². The van der Waals surface area contributed by atoms with Crippen molar-refractivity contribution in [3.63, 3.8) is 0 Å². The number of ether oxygens (including phenoxy) is 3. The van der Waals surface area contributed by atoms with Crippen LogP contribution >= 0.6 is 15.9 Å². The van der Waals surface area contributed by atoms with Crippen molar-refractivity contribution in [1.29, 1.82) is 0 Å². The van der Waals surface area contributed by atoms with Crippen LogP contribution in [0.2, 0.25) is 0 Å². The summed E-state index contributed by atoms with van der Waals surface area (Å²) in [4.78, 5) is 30.0. The van der Waals surface area contributed by atoms with Crippen LogP contribution in [0.1, 0.15) is 10.4 Å². The van der Waals surface area contributed by atoms with Gasteiger partial charge in [0, 0.05) is 27.2 Å². The maximum atomic E-state index is 12.9. The molecule has 0 fully saturated rings. The first-order valence-corrected chi connectivity index (χ1v) is 10.9. The van der Waals surface area contributed by atoms with Gasteiger partial charge in [0.05, 0.1) is 16.8 Å². The third kappa shape index (κ3) is 4.51. The fourth-order valence-electron chi connectivity index (χ4n) is 3.52. The summed E-state index contributed by atoms with van der Waals surface area (Å²) in [6, 6.07) is 21.7. The molecule has 0 spiro atoms. The summed E-state index contributed by atoms with van der Waals surface area (Å²) in [5.74, 6) is 0.0943. The van der Waals surface area contributed by atoms with Crippen LogP contribution in [0.25, 0.3) is 22.2 Å². The van der Waals surface area contributed by atoms with Crippen LogP contribution in [0.4, 0.5) is 5.69 Å². The highest BCUT2D eigenvalue weighted by Gasteiger charge is 2.18. The zero-order valence-electron chi connectivity index (χ0n) is 17.2. The Bertz CT molecular complexity index is 1390. The van der Waals surface area contributed by atoms with E-state index in [1.165, 1.54) is 0 Å². The number of carbonyl (C=O) groups is 2. The molecule has 33 heavy (non-hydrogen) atoms. The summed E-state index contributed by atoms with van der Waals surface area (Å²) >= 11 is 3.46. The molecule has 1 amide bonds. The lowest BCUT2D eigenvalue weighted by Crippen LogP contribution is -2.21. The molecule has 1 aliphatic rings. The topological polar surface area (TPSA) is 86.8 Å². The molecule has 0 aliphatic carbocycles. The predicted molar refractivity (Wildman–Crippen MR) is 126 cm³/mol. The minimum Gasteiger partial charge on any atom is -0.454 e. The second-order valence-corrected chi connectivity index (χ2v) is 8.19. The molecule has 0 atom stereocenters. The molecule has 7 nitrogen and oxygen atoms in total. The number of anilines is 1. The molecule has 0 saturated heterocycles. The third-order valence-corrected chi connectivity index (χ3v) is 5.54. The number of fused-ring (bicyclic) bond motifs is 2. The Morgan fingerprint density at radius 3 is 2.70 bits per heavy atom. The van der Waals surface area contributed by atoms with Gasteiger partial charge >= 0.3 is 5.97 Å². The number of para-hydroxylation sites is 1. The molecule has 3 aromatic carbocycles. The summed E-state index contributed by atoms with van der Waals surface area (Å²) in [7, 11) is 0. The van der Waals surface area contributed by atoms with Crippen LogP contribution in [0.5, 0.6) is 11.5 Å². The van der Waals surface area contributed by atoms with Crippen molar-refractivity contribution in [2.45, 2.75) is 0 Å². The highest BCUT2D eigenvalue weighted by atomic mass is 79.9. The summed E-state index contributed by atoms with van der Waals surface area (Å²) in [6.45, 7) is -0.289. The van der Waals surface area contributed by atoms with E-state index in [9.17, 15) is 9.59 Å². The quantitative estimate of drug-likeness (QED) is 0.376. The molecule has 0 saturated carbocycles. The lowest BCUT2D eigenvalue weighted by Gasteiger charge is -2.11. The monoisotopic (exact) mass is 504 g/mol. The van der Waals surface area contributed by atoms with Crippen molar-refractivity contribution >= 4 is 44.4 Å². The first-order valence-electron chi connectivity index (χ1n) is 10.1. The summed E-state index contributed by atoms with van der Waals surface area (Å²) in [5.41, 5.74) is 3.00. The molecule has 5 rings (SSSR count). The fraction of sp³-hybridized carbons (Fsp3) is 0.0800. The molecule has 0 unspecified atom stereocenters. The standard InChI is InChI=1S/C25H17BrN2O5/c26-16-5-3-4-15(10-16)21-12-19(18-6-1-2-7-20(18)28-21)25(30)31-13-24(29)27-17-8-9-22-23(11-17)33-14-32-22/h1-12H,13-14H2,(H,27,29). The Balaban J connectivity index is 1.35. The number of esters is 1. The van der Waals surface area contributed by atoms with Gasteiger partial charge in [-0.25, -0.2) is 9.78 Å². The van der Waals surface area contributed by atoms with Crippen LogP contribution in [0.15, 0.2) is 77.3 Å².